The van der Waals surface area contributed by atoms with Crippen molar-refractivity contribution in [1.29, 1.82) is 0 Å². The third kappa shape index (κ3) is 2.33. The number of imidazole rings is 2. The predicted octanol–water partition coefficient (Wildman–Crippen LogP) is 3.21. The van der Waals surface area contributed by atoms with E-state index in [2.05, 4.69) is 59.8 Å². The SMILES string of the molecule is Cc1ccn2c(C)c(CCc3ccc4c(c3)nc(N)n4C)nc2c1. The predicted molar refractivity (Wildman–Crippen MR) is 97.2 cm³/mol. The van der Waals surface area contributed by atoms with Crippen molar-refractivity contribution >= 4 is 22.6 Å². The molecule has 4 aromatic rings. The lowest BCUT2D eigenvalue weighted by Crippen LogP contribution is -1.96. The van der Waals surface area contributed by atoms with Crippen molar-refractivity contribution in [2.45, 2.75) is 26.7 Å². The van der Waals surface area contributed by atoms with Gasteiger partial charge >= 0.3 is 0 Å². The van der Waals surface area contributed by atoms with Gasteiger partial charge in [0.1, 0.15) is 5.65 Å². The van der Waals surface area contributed by atoms with E-state index >= 15 is 0 Å². The molecule has 0 unspecified atom stereocenters. The van der Waals surface area contributed by atoms with Crippen LogP contribution in [0.1, 0.15) is 22.5 Å². The van der Waals surface area contributed by atoms with E-state index in [4.69, 9.17) is 10.7 Å². The monoisotopic (exact) mass is 319 g/mol. The first-order valence-corrected chi connectivity index (χ1v) is 8.18. The van der Waals surface area contributed by atoms with Gasteiger partial charge in [0.05, 0.1) is 16.7 Å². The first-order chi connectivity index (χ1) is 11.5. The summed E-state index contributed by atoms with van der Waals surface area (Å²) in [6.07, 6.45) is 3.95. The quantitative estimate of drug-likeness (QED) is 0.631. The number of aromatic nitrogens is 4. The number of pyridine rings is 1. The highest BCUT2D eigenvalue weighted by molar-refractivity contribution is 5.78. The van der Waals surface area contributed by atoms with Crippen molar-refractivity contribution < 1.29 is 0 Å². The van der Waals surface area contributed by atoms with Crippen LogP contribution in [0.4, 0.5) is 5.95 Å². The highest BCUT2D eigenvalue weighted by atomic mass is 15.1. The van der Waals surface area contributed by atoms with Gasteiger partial charge in [-0.15, -0.1) is 0 Å². The second-order valence-electron chi connectivity index (χ2n) is 6.43. The molecule has 0 amide bonds. The molecular formula is C19H21N5. The van der Waals surface area contributed by atoms with Gasteiger partial charge in [-0.25, -0.2) is 9.97 Å². The summed E-state index contributed by atoms with van der Waals surface area (Å²) in [5.74, 6) is 0.550. The maximum absolute atomic E-state index is 5.88. The maximum Gasteiger partial charge on any atom is 0.200 e. The third-order valence-corrected chi connectivity index (χ3v) is 4.75. The lowest BCUT2D eigenvalue weighted by atomic mass is 10.1. The molecule has 0 saturated carbocycles. The van der Waals surface area contributed by atoms with Crippen LogP contribution in [-0.4, -0.2) is 18.9 Å². The Kier molecular flexibility index (Phi) is 3.30. The molecule has 5 heteroatoms. The number of hydrogen-bond acceptors (Lipinski definition) is 3. The summed E-state index contributed by atoms with van der Waals surface area (Å²) in [6, 6.07) is 10.6. The minimum absolute atomic E-state index is 0.550. The molecule has 3 heterocycles. The number of rotatable bonds is 3. The highest BCUT2D eigenvalue weighted by Gasteiger charge is 2.10. The zero-order chi connectivity index (χ0) is 16.8. The summed E-state index contributed by atoms with van der Waals surface area (Å²) in [7, 11) is 1.94. The number of nitrogens with zero attached hydrogens (tertiary/aromatic N) is 4. The van der Waals surface area contributed by atoms with Crippen LogP contribution in [0, 0.1) is 13.8 Å². The van der Waals surface area contributed by atoms with Crippen LogP contribution in [0.5, 0.6) is 0 Å². The third-order valence-electron chi connectivity index (χ3n) is 4.75. The molecule has 122 valence electrons. The largest absolute Gasteiger partial charge is 0.369 e. The average molecular weight is 319 g/mol. The molecule has 5 nitrogen and oxygen atoms in total. The standard InChI is InChI=1S/C19H21N5/c1-12-8-9-24-13(2)15(21-18(24)10-12)6-4-14-5-7-17-16(11-14)22-19(20)23(17)3/h5,7-11H,4,6H2,1-3H3,(H2,20,22). The minimum Gasteiger partial charge on any atom is -0.369 e. The molecule has 4 rings (SSSR count). The number of hydrogen-bond donors (Lipinski definition) is 1. The Morgan fingerprint density at radius 2 is 1.88 bits per heavy atom. The number of aryl methyl sites for hydroxylation is 5. The molecule has 0 saturated heterocycles. The number of nitrogen functional groups attached to an aromatic ring is 1. The molecule has 0 radical (unpaired) electrons. The number of fused-ring (bicyclic) bond motifs is 2. The molecule has 3 aromatic heterocycles. The van der Waals surface area contributed by atoms with Gasteiger partial charge in [-0.1, -0.05) is 6.07 Å². The molecule has 0 aliphatic carbocycles. The average Bonchev–Trinajstić information content (AvgIpc) is 3.02. The first-order valence-electron chi connectivity index (χ1n) is 8.18. The summed E-state index contributed by atoms with van der Waals surface area (Å²) in [5.41, 5.74) is 13.8. The van der Waals surface area contributed by atoms with Gasteiger partial charge in [0, 0.05) is 18.9 Å². The van der Waals surface area contributed by atoms with Gasteiger partial charge in [-0.2, -0.15) is 0 Å². The van der Waals surface area contributed by atoms with Gasteiger partial charge in [-0.3, -0.25) is 0 Å². The number of benzene rings is 1. The zero-order valence-corrected chi connectivity index (χ0v) is 14.2. The van der Waals surface area contributed by atoms with Crippen LogP contribution in [-0.2, 0) is 19.9 Å². The Hall–Kier alpha value is -2.82. The van der Waals surface area contributed by atoms with Crippen molar-refractivity contribution in [2.75, 3.05) is 5.73 Å². The fourth-order valence-electron chi connectivity index (χ4n) is 3.24. The summed E-state index contributed by atoms with van der Waals surface area (Å²) in [5, 5.41) is 0. The molecule has 1 aromatic carbocycles. The normalized spacial score (nSPS) is 11.6. The van der Waals surface area contributed by atoms with E-state index in [0.717, 1.165) is 35.2 Å². The highest BCUT2D eigenvalue weighted by Crippen LogP contribution is 2.20. The van der Waals surface area contributed by atoms with E-state index in [9.17, 15) is 0 Å². The van der Waals surface area contributed by atoms with Crippen molar-refractivity contribution in [3.05, 3.63) is 59.0 Å². The van der Waals surface area contributed by atoms with E-state index < -0.39 is 0 Å². The van der Waals surface area contributed by atoms with Crippen LogP contribution in [0.3, 0.4) is 0 Å². The summed E-state index contributed by atoms with van der Waals surface area (Å²) in [4.78, 5) is 9.20. The molecule has 24 heavy (non-hydrogen) atoms. The van der Waals surface area contributed by atoms with Crippen molar-refractivity contribution in [3.63, 3.8) is 0 Å². The molecular weight excluding hydrogens is 298 g/mol. The molecule has 2 N–H and O–H groups in total. The van der Waals surface area contributed by atoms with Crippen molar-refractivity contribution in [2.24, 2.45) is 7.05 Å². The summed E-state index contributed by atoms with van der Waals surface area (Å²) < 4.78 is 4.07. The topological polar surface area (TPSA) is 61.1 Å². The summed E-state index contributed by atoms with van der Waals surface area (Å²) in [6.45, 7) is 4.23. The number of anilines is 1. The van der Waals surface area contributed by atoms with Gasteiger partial charge < -0.3 is 14.7 Å². The van der Waals surface area contributed by atoms with Crippen molar-refractivity contribution in [3.8, 4) is 0 Å². The van der Waals surface area contributed by atoms with Crippen LogP contribution in [0.2, 0.25) is 0 Å². The fraction of sp³-hybridized carbons (Fsp3) is 0.263. The minimum atomic E-state index is 0.550. The Morgan fingerprint density at radius 3 is 2.71 bits per heavy atom. The molecule has 0 spiro atoms. The van der Waals surface area contributed by atoms with Crippen LogP contribution >= 0.6 is 0 Å². The smallest absolute Gasteiger partial charge is 0.200 e. The lowest BCUT2D eigenvalue weighted by molar-refractivity contribution is 0.911. The Morgan fingerprint density at radius 1 is 1.04 bits per heavy atom. The Labute approximate surface area is 140 Å². The number of nitrogens with two attached hydrogens (primary N) is 1. The molecule has 0 aliphatic heterocycles. The van der Waals surface area contributed by atoms with Gasteiger partial charge in [0.15, 0.2) is 0 Å². The molecule has 0 fully saturated rings. The van der Waals surface area contributed by atoms with Gasteiger partial charge in [0.2, 0.25) is 5.95 Å². The van der Waals surface area contributed by atoms with E-state index in [1.165, 1.54) is 16.8 Å². The second-order valence-corrected chi connectivity index (χ2v) is 6.43. The summed E-state index contributed by atoms with van der Waals surface area (Å²) >= 11 is 0. The zero-order valence-electron chi connectivity index (χ0n) is 14.2. The van der Waals surface area contributed by atoms with Gasteiger partial charge in [0.25, 0.3) is 0 Å². The first kappa shape index (κ1) is 14.8. The van der Waals surface area contributed by atoms with Gasteiger partial charge in [-0.05, 0) is 62.1 Å². The molecule has 0 bridgehead atoms. The van der Waals surface area contributed by atoms with E-state index in [0.29, 0.717) is 5.95 Å². The lowest BCUT2D eigenvalue weighted by Gasteiger charge is -2.02. The van der Waals surface area contributed by atoms with Crippen LogP contribution in [0.25, 0.3) is 16.7 Å². The van der Waals surface area contributed by atoms with E-state index in [1.54, 1.807) is 0 Å². The Balaban J connectivity index is 1.61. The molecule has 0 aliphatic rings. The maximum atomic E-state index is 5.88. The molecule has 0 atom stereocenters. The second kappa shape index (κ2) is 5.37. The van der Waals surface area contributed by atoms with E-state index in [1.807, 2.05) is 11.6 Å². The van der Waals surface area contributed by atoms with Crippen LogP contribution < -0.4 is 5.73 Å². The van der Waals surface area contributed by atoms with Crippen molar-refractivity contribution in [1.82, 2.24) is 18.9 Å². The Bertz CT molecular complexity index is 1050. The van der Waals surface area contributed by atoms with E-state index in [-0.39, 0.29) is 0 Å². The fourth-order valence-corrected chi connectivity index (χ4v) is 3.24. The van der Waals surface area contributed by atoms with Crippen LogP contribution in [0.15, 0.2) is 36.5 Å².